The van der Waals surface area contributed by atoms with E-state index in [1.807, 2.05) is 24.3 Å². The molecular formula is C16H18ClN3O. The van der Waals surface area contributed by atoms with Gasteiger partial charge in [0.25, 0.3) is 0 Å². The average molecular weight is 304 g/mol. The van der Waals surface area contributed by atoms with E-state index in [0.717, 1.165) is 36.9 Å². The van der Waals surface area contributed by atoms with Crippen molar-refractivity contribution in [2.45, 2.75) is 37.8 Å². The number of benzene rings is 1. The van der Waals surface area contributed by atoms with Gasteiger partial charge in [0.1, 0.15) is 5.82 Å². The molecular weight excluding hydrogens is 286 g/mol. The summed E-state index contributed by atoms with van der Waals surface area (Å²) in [5.41, 5.74) is 1.70. The molecule has 1 aliphatic rings. The molecule has 110 valence electrons. The molecule has 0 amide bonds. The maximum Gasteiger partial charge on any atom is 0.145 e. The van der Waals surface area contributed by atoms with Crippen molar-refractivity contribution in [2.24, 2.45) is 0 Å². The number of halogens is 1. The first-order valence-corrected chi connectivity index (χ1v) is 7.63. The number of rotatable bonds is 3. The Morgan fingerprint density at radius 2 is 2.05 bits per heavy atom. The Morgan fingerprint density at radius 1 is 1.19 bits per heavy atom. The number of aromatic nitrogens is 2. The van der Waals surface area contributed by atoms with E-state index in [0.29, 0.717) is 10.8 Å². The molecule has 0 radical (unpaired) electrons. The third kappa shape index (κ3) is 3.52. The van der Waals surface area contributed by atoms with Crippen LogP contribution in [0.3, 0.4) is 0 Å². The molecule has 2 unspecified atom stereocenters. The third-order valence-corrected chi connectivity index (χ3v) is 4.05. The monoisotopic (exact) mass is 303 g/mol. The van der Waals surface area contributed by atoms with Crippen LogP contribution in [-0.2, 0) is 0 Å². The van der Waals surface area contributed by atoms with Crippen molar-refractivity contribution < 1.29 is 5.11 Å². The van der Waals surface area contributed by atoms with Crippen LogP contribution >= 0.6 is 11.6 Å². The maximum absolute atomic E-state index is 10.0. The minimum Gasteiger partial charge on any atom is -0.391 e. The standard InChI is InChI=1S/C16H18ClN3O/c17-12-5-3-4-11(8-12)14-9-18-10-16(20-14)19-13-6-1-2-7-15(13)21/h3-5,8-10,13,15,21H,1-2,6-7H2,(H,19,20). The molecule has 0 aliphatic heterocycles. The van der Waals surface area contributed by atoms with Gasteiger partial charge in [0.15, 0.2) is 0 Å². The predicted molar refractivity (Wildman–Crippen MR) is 84.4 cm³/mol. The molecule has 21 heavy (non-hydrogen) atoms. The van der Waals surface area contributed by atoms with E-state index in [1.54, 1.807) is 12.4 Å². The summed E-state index contributed by atoms with van der Waals surface area (Å²) in [4.78, 5) is 8.80. The van der Waals surface area contributed by atoms with Gasteiger partial charge >= 0.3 is 0 Å². The molecule has 1 aromatic heterocycles. The zero-order valence-electron chi connectivity index (χ0n) is 11.7. The van der Waals surface area contributed by atoms with E-state index in [9.17, 15) is 5.11 Å². The van der Waals surface area contributed by atoms with Crippen LogP contribution in [0.25, 0.3) is 11.3 Å². The normalized spacial score (nSPS) is 22.0. The molecule has 1 aromatic carbocycles. The van der Waals surface area contributed by atoms with Gasteiger partial charge in [-0.3, -0.25) is 4.98 Å². The van der Waals surface area contributed by atoms with Crippen LogP contribution in [0.15, 0.2) is 36.7 Å². The van der Waals surface area contributed by atoms with Crippen molar-refractivity contribution >= 4 is 17.4 Å². The highest BCUT2D eigenvalue weighted by Crippen LogP contribution is 2.24. The first-order chi connectivity index (χ1) is 10.2. The summed E-state index contributed by atoms with van der Waals surface area (Å²) in [6.07, 6.45) is 7.13. The lowest BCUT2D eigenvalue weighted by Gasteiger charge is -2.28. The molecule has 0 bridgehead atoms. The van der Waals surface area contributed by atoms with Crippen LogP contribution in [-0.4, -0.2) is 27.2 Å². The number of aliphatic hydroxyl groups is 1. The number of anilines is 1. The van der Waals surface area contributed by atoms with Crippen LogP contribution in [0.1, 0.15) is 25.7 Å². The van der Waals surface area contributed by atoms with Gasteiger partial charge in [0, 0.05) is 10.6 Å². The highest BCUT2D eigenvalue weighted by molar-refractivity contribution is 6.30. The second-order valence-electron chi connectivity index (χ2n) is 5.40. The van der Waals surface area contributed by atoms with Crippen molar-refractivity contribution in [3.05, 3.63) is 41.7 Å². The Balaban J connectivity index is 1.80. The summed E-state index contributed by atoms with van der Waals surface area (Å²) in [5, 5.41) is 14.0. The fraction of sp³-hybridized carbons (Fsp3) is 0.375. The van der Waals surface area contributed by atoms with Crippen LogP contribution in [0.5, 0.6) is 0 Å². The van der Waals surface area contributed by atoms with Gasteiger partial charge in [-0.15, -0.1) is 0 Å². The lowest BCUT2D eigenvalue weighted by atomic mass is 9.93. The van der Waals surface area contributed by atoms with Gasteiger partial charge in [0.05, 0.1) is 30.2 Å². The van der Waals surface area contributed by atoms with Crippen LogP contribution < -0.4 is 5.32 Å². The predicted octanol–water partition coefficient (Wildman–Crippen LogP) is 3.51. The molecule has 2 N–H and O–H groups in total. The van der Waals surface area contributed by atoms with Gasteiger partial charge < -0.3 is 10.4 Å². The molecule has 0 spiro atoms. The molecule has 2 aromatic rings. The number of hydrogen-bond donors (Lipinski definition) is 2. The molecule has 1 heterocycles. The molecule has 0 saturated heterocycles. The Morgan fingerprint density at radius 3 is 2.86 bits per heavy atom. The summed E-state index contributed by atoms with van der Waals surface area (Å²) in [5.74, 6) is 0.693. The molecule has 1 aliphatic carbocycles. The van der Waals surface area contributed by atoms with Gasteiger partial charge in [-0.1, -0.05) is 36.6 Å². The zero-order valence-corrected chi connectivity index (χ0v) is 12.4. The van der Waals surface area contributed by atoms with Crippen molar-refractivity contribution in [1.82, 2.24) is 9.97 Å². The summed E-state index contributed by atoms with van der Waals surface area (Å²) in [6.45, 7) is 0. The van der Waals surface area contributed by atoms with Crippen molar-refractivity contribution in [3.8, 4) is 11.3 Å². The average Bonchev–Trinajstić information content (AvgIpc) is 2.50. The van der Waals surface area contributed by atoms with Crippen molar-refractivity contribution in [3.63, 3.8) is 0 Å². The highest BCUT2D eigenvalue weighted by atomic mass is 35.5. The molecule has 4 nitrogen and oxygen atoms in total. The minimum absolute atomic E-state index is 0.0580. The SMILES string of the molecule is OC1CCCCC1Nc1cncc(-c2cccc(Cl)c2)n1. The first kappa shape index (κ1) is 14.3. The van der Waals surface area contributed by atoms with E-state index >= 15 is 0 Å². The van der Waals surface area contributed by atoms with E-state index in [1.165, 1.54) is 0 Å². The van der Waals surface area contributed by atoms with Crippen LogP contribution in [0, 0.1) is 0 Å². The topological polar surface area (TPSA) is 58.0 Å². The highest BCUT2D eigenvalue weighted by Gasteiger charge is 2.23. The quantitative estimate of drug-likeness (QED) is 0.911. The summed E-state index contributed by atoms with van der Waals surface area (Å²) < 4.78 is 0. The zero-order chi connectivity index (χ0) is 14.7. The van der Waals surface area contributed by atoms with Gasteiger partial charge in [-0.2, -0.15) is 0 Å². The molecule has 3 rings (SSSR count). The smallest absolute Gasteiger partial charge is 0.145 e. The minimum atomic E-state index is -0.310. The number of hydrogen-bond acceptors (Lipinski definition) is 4. The Hall–Kier alpha value is -1.65. The second-order valence-corrected chi connectivity index (χ2v) is 5.84. The first-order valence-electron chi connectivity index (χ1n) is 7.25. The van der Waals surface area contributed by atoms with E-state index in [-0.39, 0.29) is 12.1 Å². The lowest BCUT2D eigenvalue weighted by Crippen LogP contribution is -2.36. The van der Waals surface area contributed by atoms with Crippen LogP contribution in [0.4, 0.5) is 5.82 Å². The maximum atomic E-state index is 10.0. The second kappa shape index (κ2) is 6.41. The fourth-order valence-corrected chi connectivity index (χ4v) is 2.88. The summed E-state index contributed by atoms with van der Waals surface area (Å²) in [7, 11) is 0. The van der Waals surface area contributed by atoms with E-state index in [4.69, 9.17) is 11.6 Å². The molecule has 5 heteroatoms. The van der Waals surface area contributed by atoms with Crippen molar-refractivity contribution in [2.75, 3.05) is 5.32 Å². The number of nitrogens with one attached hydrogen (secondary N) is 1. The van der Waals surface area contributed by atoms with Crippen molar-refractivity contribution in [1.29, 1.82) is 0 Å². The number of nitrogens with zero attached hydrogens (tertiary/aromatic N) is 2. The summed E-state index contributed by atoms with van der Waals surface area (Å²) in [6, 6.07) is 7.60. The molecule has 2 atom stereocenters. The number of aliphatic hydroxyl groups excluding tert-OH is 1. The Bertz CT molecular complexity index is 620. The largest absolute Gasteiger partial charge is 0.391 e. The fourth-order valence-electron chi connectivity index (χ4n) is 2.69. The Kier molecular flexibility index (Phi) is 4.36. The molecule has 1 fully saturated rings. The van der Waals surface area contributed by atoms with Gasteiger partial charge in [-0.05, 0) is 25.0 Å². The van der Waals surface area contributed by atoms with E-state index in [2.05, 4.69) is 15.3 Å². The van der Waals surface area contributed by atoms with Gasteiger partial charge in [-0.25, -0.2) is 4.98 Å². The van der Waals surface area contributed by atoms with Crippen LogP contribution in [0.2, 0.25) is 5.02 Å². The Labute approximate surface area is 129 Å². The van der Waals surface area contributed by atoms with E-state index < -0.39 is 0 Å². The third-order valence-electron chi connectivity index (χ3n) is 3.82. The summed E-state index contributed by atoms with van der Waals surface area (Å²) >= 11 is 6.01. The van der Waals surface area contributed by atoms with Gasteiger partial charge in [0.2, 0.25) is 0 Å². The molecule has 1 saturated carbocycles. The lowest BCUT2D eigenvalue weighted by molar-refractivity contribution is 0.116.